The van der Waals surface area contributed by atoms with Crippen molar-refractivity contribution >= 4 is 23.1 Å². The molecule has 118 valence electrons. The third-order valence-corrected chi connectivity index (χ3v) is 4.09. The van der Waals surface area contributed by atoms with Crippen LogP contribution >= 0.6 is 0 Å². The number of carbonyl (C=O) groups is 1. The number of hydrogen-bond donors (Lipinski definition) is 1. The predicted octanol–water partition coefficient (Wildman–Crippen LogP) is 3.89. The number of carbonyl (C=O) groups excluding carboxylic acids is 1. The summed E-state index contributed by atoms with van der Waals surface area (Å²) in [6, 6.07) is 12.1. The Bertz CT molecular complexity index is 788. The van der Waals surface area contributed by atoms with Crippen molar-refractivity contribution in [2.75, 3.05) is 10.2 Å². The maximum atomic E-state index is 12.6. The Morgan fingerprint density at radius 1 is 1.30 bits per heavy atom. The monoisotopic (exact) mass is 311 g/mol. The highest BCUT2D eigenvalue weighted by atomic mass is 16.6. The molecule has 1 unspecified atom stereocenters. The minimum absolute atomic E-state index is 0.0142. The van der Waals surface area contributed by atoms with Crippen molar-refractivity contribution in [3.8, 4) is 0 Å². The molecule has 1 heterocycles. The molecule has 0 fully saturated rings. The van der Waals surface area contributed by atoms with Gasteiger partial charge in [-0.3, -0.25) is 15.0 Å². The molecule has 0 aliphatic carbocycles. The van der Waals surface area contributed by atoms with Crippen LogP contribution in [0.5, 0.6) is 0 Å². The number of benzene rings is 2. The summed E-state index contributed by atoms with van der Waals surface area (Å²) in [7, 11) is 0. The highest BCUT2D eigenvalue weighted by Crippen LogP contribution is 2.32. The summed E-state index contributed by atoms with van der Waals surface area (Å²) in [5.74, 6) is 0. The lowest BCUT2D eigenvalue weighted by Gasteiger charge is -2.23. The average Bonchev–Trinajstić information content (AvgIpc) is 2.84. The van der Waals surface area contributed by atoms with Gasteiger partial charge in [0.05, 0.1) is 4.92 Å². The number of anilines is 2. The van der Waals surface area contributed by atoms with Gasteiger partial charge >= 0.3 is 6.03 Å². The molecule has 1 atom stereocenters. The molecule has 0 bridgehead atoms. The van der Waals surface area contributed by atoms with Crippen molar-refractivity contribution in [2.45, 2.75) is 26.3 Å². The van der Waals surface area contributed by atoms with E-state index < -0.39 is 4.92 Å². The minimum atomic E-state index is -0.447. The van der Waals surface area contributed by atoms with Gasteiger partial charge in [0, 0.05) is 29.5 Å². The van der Waals surface area contributed by atoms with E-state index in [-0.39, 0.29) is 17.8 Å². The number of nitrogens with zero attached hydrogens (tertiary/aromatic N) is 2. The molecule has 0 radical (unpaired) electrons. The Hall–Kier alpha value is -2.89. The largest absolute Gasteiger partial charge is 0.326 e. The molecule has 2 aromatic rings. The molecule has 23 heavy (non-hydrogen) atoms. The van der Waals surface area contributed by atoms with Crippen LogP contribution in [-0.2, 0) is 6.42 Å². The lowest BCUT2D eigenvalue weighted by Crippen LogP contribution is -2.39. The van der Waals surface area contributed by atoms with E-state index in [1.54, 1.807) is 17.9 Å². The Balaban J connectivity index is 1.84. The van der Waals surface area contributed by atoms with Crippen molar-refractivity contribution in [2.24, 2.45) is 0 Å². The van der Waals surface area contributed by atoms with Crippen molar-refractivity contribution in [1.29, 1.82) is 0 Å². The Kier molecular flexibility index (Phi) is 3.73. The molecule has 3 rings (SSSR count). The molecule has 1 aliphatic rings. The molecule has 1 aliphatic heterocycles. The first-order valence-corrected chi connectivity index (χ1v) is 7.40. The van der Waals surface area contributed by atoms with Crippen LogP contribution in [-0.4, -0.2) is 17.0 Å². The van der Waals surface area contributed by atoms with Crippen molar-refractivity contribution < 1.29 is 9.72 Å². The summed E-state index contributed by atoms with van der Waals surface area (Å²) in [6.45, 7) is 3.74. The highest BCUT2D eigenvalue weighted by Gasteiger charge is 2.30. The minimum Gasteiger partial charge on any atom is -0.307 e. The lowest BCUT2D eigenvalue weighted by atomic mass is 10.1. The van der Waals surface area contributed by atoms with Gasteiger partial charge in [-0.15, -0.1) is 0 Å². The van der Waals surface area contributed by atoms with E-state index in [4.69, 9.17) is 0 Å². The summed E-state index contributed by atoms with van der Waals surface area (Å²) in [5.41, 5.74) is 3.32. The van der Waals surface area contributed by atoms with Crippen LogP contribution in [0.3, 0.4) is 0 Å². The van der Waals surface area contributed by atoms with Gasteiger partial charge in [-0.2, -0.15) is 0 Å². The van der Waals surface area contributed by atoms with Gasteiger partial charge < -0.3 is 5.32 Å². The van der Waals surface area contributed by atoms with Crippen molar-refractivity contribution in [3.63, 3.8) is 0 Å². The molecular weight excluding hydrogens is 294 g/mol. The number of fused-ring (bicyclic) bond motifs is 1. The van der Waals surface area contributed by atoms with E-state index >= 15 is 0 Å². The summed E-state index contributed by atoms with van der Waals surface area (Å²) < 4.78 is 0. The zero-order valence-electron chi connectivity index (χ0n) is 12.9. The first-order valence-electron chi connectivity index (χ1n) is 7.40. The third-order valence-electron chi connectivity index (χ3n) is 4.09. The average molecular weight is 311 g/mol. The van der Waals surface area contributed by atoms with E-state index in [9.17, 15) is 14.9 Å². The number of non-ortho nitro benzene ring substituents is 1. The van der Waals surface area contributed by atoms with Gasteiger partial charge in [0.15, 0.2) is 0 Å². The molecule has 2 amide bonds. The zero-order valence-corrected chi connectivity index (χ0v) is 12.9. The van der Waals surface area contributed by atoms with Gasteiger partial charge in [0.25, 0.3) is 5.69 Å². The molecule has 1 N–H and O–H groups in total. The third kappa shape index (κ3) is 2.75. The fourth-order valence-electron chi connectivity index (χ4n) is 2.95. The SMILES string of the molecule is Cc1cc([N+](=O)[O-])ccc1NC(=O)N1c2ccccc2CC1C. The first kappa shape index (κ1) is 15.0. The van der Waals surface area contributed by atoms with Gasteiger partial charge in [0.2, 0.25) is 0 Å². The van der Waals surface area contributed by atoms with E-state index in [0.29, 0.717) is 11.3 Å². The molecule has 0 saturated heterocycles. The fraction of sp³-hybridized carbons (Fsp3) is 0.235. The number of nitro benzene ring substituents is 1. The summed E-state index contributed by atoms with van der Waals surface area (Å²) >= 11 is 0. The van der Waals surface area contributed by atoms with Crippen LogP contribution in [0.4, 0.5) is 21.9 Å². The van der Waals surface area contributed by atoms with Crippen molar-refractivity contribution in [3.05, 3.63) is 63.7 Å². The van der Waals surface area contributed by atoms with Crippen LogP contribution in [0.1, 0.15) is 18.1 Å². The number of amides is 2. The lowest BCUT2D eigenvalue weighted by molar-refractivity contribution is -0.384. The van der Waals surface area contributed by atoms with Crippen LogP contribution in [0.15, 0.2) is 42.5 Å². The zero-order chi connectivity index (χ0) is 16.6. The smallest absolute Gasteiger partial charge is 0.307 e. The number of aryl methyl sites for hydroxylation is 1. The van der Waals surface area contributed by atoms with E-state index in [1.807, 2.05) is 31.2 Å². The predicted molar refractivity (Wildman–Crippen MR) is 88.9 cm³/mol. The highest BCUT2D eigenvalue weighted by molar-refractivity contribution is 6.04. The summed E-state index contributed by atoms with van der Waals surface area (Å²) in [5, 5.41) is 13.6. The number of nitrogens with one attached hydrogen (secondary N) is 1. The maximum absolute atomic E-state index is 12.6. The van der Waals surface area contributed by atoms with Crippen LogP contribution < -0.4 is 10.2 Å². The quantitative estimate of drug-likeness (QED) is 0.675. The maximum Gasteiger partial charge on any atom is 0.326 e. The van der Waals surface area contributed by atoms with E-state index in [1.165, 1.54) is 12.1 Å². The van der Waals surface area contributed by atoms with Gasteiger partial charge in [-0.25, -0.2) is 4.79 Å². The number of urea groups is 1. The molecule has 2 aromatic carbocycles. The second kappa shape index (κ2) is 5.72. The number of hydrogen-bond acceptors (Lipinski definition) is 3. The summed E-state index contributed by atoms with van der Waals surface area (Å²) in [4.78, 5) is 24.7. The van der Waals surface area contributed by atoms with Gasteiger partial charge in [-0.1, -0.05) is 18.2 Å². The number of nitro groups is 1. The first-order chi connectivity index (χ1) is 11.0. The second-order valence-electron chi connectivity index (χ2n) is 5.74. The van der Waals surface area contributed by atoms with E-state index in [2.05, 4.69) is 5.32 Å². The molecule has 6 heteroatoms. The normalized spacial score (nSPS) is 16.1. The van der Waals surface area contributed by atoms with Crippen molar-refractivity contribution in [1.82, 2.24) is 0 Å². The van der Waals surface area contributed by atoms with Gasteiger partial charge in [0.1, 0.15) is 0 Å². The Morgan fingerprint density at radius 2 is 2.04 bits per heavy atom. The van der Waals surface area contributed by atoms with Crippen LogP contribution in [0.25, 0.3) is 0 Å². The molecule has 6 nitrogen and oxygen atoms in total. The standard InChI is InChI=1S/C17H17N3O3/c1-11-9-14(20(22)23)7-8-15(11)18-17(21)19-12(2)10-13-5-3-4-6-16(13)19/h3-9,12H,10H2,1-2H3,(H,18,21). The molecular formula is C17H17N3O3. The second-order valence-corrected chi connectivity index (χ2v) is 5.74. The van der Waals surface area contributed by atoms with Gasteiger partial charge in [-0.05, 0) is 43.5 Å². The Labute approximate surface area is 133 Å². The fourth-order valence-corrected chi connectivity index (χ4v) is 2.95. The Morgan fingerprint density at radius 3 is 2.74 bits per heavy atom. The van der Waals surface area contributed by atoms with Crippen LogP contribution in [0.2, 0.25) is 0 Å². The number of para-hydroxylation sites is 1. The molecule has 0 aromatic heterocycles. The van der Waals surface area contributed by atoms with E-state index in [0.717, 1.165) is 17.7 Å². The number of rotatable bonds is 2. The summed E-state index contributed by atoms with van der Waals surface area (Å²) in [6.07, 6.45) is 0.822. The molecule has 0 saturated carbocycles. The topological polar surface area (TPSA) is 75.5 Å². The van der Waals surface area contributed by atoms with Crippen LogP contribution in [0, 0.1) is 17.0 Å². The molecule has 0 spiro atoms.